The van der Waals surface area contributed by atoms with Crippen LogP contribution >= 0.6 is 0 Å². The highest BCUT2D eigenvalue weighted by molar-refractivity contribution is 5.98. The van der Waals surface area contributed by atoms with Crippen LogP contribution < -0.4 is 4.84 Å². The van der Waals surface area contributed by atoms with Crippen LogP contribution in [-0.2, 0) is 0 Å². The first kappa shape index (κ1) is 12.7. The fraction of sp³-hybridized carbons (Fsp3) is 0.263. The van der Waals surface area contributed by atoms with E-state index < -0.39 is 0 Å². The first-order valence-electron chi connectivity index (χ1n) is 7.74. The van der Waals surface area contributed by atoms with Crippen LogP contribution in [0.3, 0.4) is 0 Å². The van der Waals surface area contributed by atoms with Crippen molar-refractivity contribution in [2.24, 2.45) is 0 Å². The summed E-state index contributed by atoms with van der Waals surface area (Å²) in [5, 5.41) is 7.16. The van der Waals surface area contributed by atoms with Crippen LogP contribution in [0.5, 0.6) is 5.75 Å². The van der Waals surface area contributed by atoms with Gasteiger partial charge in [0, 0.05) is 13.1 Å². The summed E-state index contributed by atoms with van der Waals surface area (Å²) in [6.45, 7) is 2.07. The second kappa shape index (κ2) is 5.38. The van der Waals surface area contributed by atoms with E-state index in [1.54, 1.807) is 0 Å². The molecular formula is C19H19NO. The molecule has 106 valence electrons. The van der Waals surface area contributed by atoms with E-state index in [0.717, 1.165) is 18.8 Å². The monoisotopic (exact) mass is 277 g/mol. The Kier molecular flexibility index (Phi) is 3.24. The Balaban J connectivity index is 1.69. The molecule has 1 aliphatic heterocycles. The highest BCUT2D eigenvalue weighted by atomic mass is 16.7. The molecule has 2 heteroatoms. The maximum atomic E-state index is 6.01. The van der Waals surface area contributed by atoms with E-state index in [0.29, 0.717) is 0 Å². The molecule has 3 aromatic carbocycles. The lowest BCUT2D eigenvalue weighted by molar-refractivity contribution is -0.0718. The fourth-order valence-corrected chi connectivity index (χ4v) is 3.08. The normalized spacial score (nSPS) is 16.4. The zero-order chi connectivity index (χ0) is 14.1. The van der Waals surface area contributed by atoms with Gasteiger partial charge in [-0.05, 0) is 58.7 Å². The van der Waals surface area contributed by atoms with Crippen LogP contribution in [0.1, 0.15) is 19.3 Å². The van der Waals surface area contributed by atoms with Crippen molar-refractivity contribution in [3.05, 3.63) is 54.6 Å². The quantitative estimate of drug-likeness (QED) is 0.625. The number of piperidine rings is 1. The summed E-state index contributed by atoms with van der Waals surface area (Å²) in [5.41, 5.74) is 0. The van der Waals surface area contributed by atoms with Gasteiger partial charge in [0.2, 0.25) is 0 Å². The van der Waals surface area contributed by atoms with Gasteiger partial charge in [0.15, 0.2) is 0 Å². The van der Waals surface area contributed by atoms with Crippen molar-refractivity contribution in [2.75, 3.05) is 13.1 Å². The molecule has 0 unspecified atom stereocenters. The molecule has 1 aliphatic rings. The SMILES string of the molecule is c1ccc2cc3cc(ON4CCCCC4)ccc3cc2c1. The summed E-state index contributed by atoms with van der Waals surface area (Å²) in [6.07, 6.45) is 3.79. The van der Waals surface area contributed by atoms with E-state index >= 15 is 0 Å². The number of rotatable bonds is 2. The number of benzene rings is 3. The summed E-state index contributed by atoms with van der Waals surface area (Å²) in [6, 6.07) is 19.4. The molecule has 0 aliphatic carbocycles. The highest BCUT2D eigenvalue weighted by Crippen LogP contribution is 2.27. The predicted octanol–water partition coefficient (Wildman–Crippen LogP) is 4.77. The lowest BCUT2D eigenvalue weighted by Gasteiger charge is -2.26. The molecular weight excluding hydrogens is 258 g/mol. The maximum absolute atomic E-state index is 6.01. The first-order chi connectivity index (χ1) is 10.4. The van der Waals surface area contributed by atoms with Gasteiger partial charge in [0.1, 0.15) is 5.75 Å². The lowest BCUT2D eigenvalue weighted by atomic mass is 10.0. The van der Waals surface area contributed by atoms with Gasteiger partial charge in [-0.2, -0.15) is 0 Å². The van der Waals surface area contributed by atoms with E-state index in [1.165, 1.54) is 40.8 Å². The molecule has 0 N–H and O–H groups in total. The standard InChI is InChI=1S/C19H19NO/c1-4-10-20(11-5-1)21-19-9-8-17-12-15-6-2-3-7-16(15)13-18(17)14-19/h2-3,6-9,12-14H,1,4-5,10-11H2. The molecule has 0 atom stereocenters. The predicted molar refractivity (Wildman–Crippen MR) is 87.5 cm³/mol. The molecule has 21 heavy (non-hydrogen) atoms. The molecule has 0 bridgehead atoms. The summed E-state index contributed by atoms with van der Waals surface area (Å²) in [4.78, 5) is 6.01. The number of hydroxylamine groups is 2. The molecule has 1 fully saturated rings. The van der Waals surface area contributed by atoms with Crippen molar-refractivity contribution in [3.63, 3.8) is 0 Å². The first-order valence-corrected chi connectivity index (χ1v) is 7.74. The van der Waals surface area contributed by atoms with Crippen LogP contribution in [-0.4, -0.2) is 18.2 Å². The Morgan fingerprint density at radius 3 is 2.10 bits per heavy atom. The van der Waals surface area contributed by atoms with Crippen molar-refractivity contribution in [1.82, 2.24) is 5.06 Å². The molecule has 3 aromatic rings. The molecule has 2 nitrogen and oxygen atoms in total. The molecule has 0 aromatic heterocycles. The van der Waals surface area contributed by atoms with Gasteiger partial charge in [-0.3, -0.25) is 0 Å². The average Bonchev–Trinajstić information content (AvgIpc) is 2.54. The summed E-state index contributed by atoms with van der Waals surface area (Å²) in [5.74, 6) is 0.944. The molecule has 0 spiro atoms. The van der Waals surface area contributed by atoms with Crippen molar-refractivity contribution >= 4 is 21.5 Å². The third kappa shape index (κ3) is 2.59. The average molecular weight is 277 g/mol. The van der Waals surface area contributed by atoms with Gasteiger partial charge < -0.3 is 4.84 Å². The zero-order valence-electron chi connectivity index (χ0n) is 12.1. The van der Waals surface area contributed by atoms with Gasteiger partial charge in [-0.25, -0.2) is 0 Å². The van der Waals surface area contributed by atoms with Crippen molar-refractivity contribution in [2.45, 2.75) is 19.3 Å². The number of fused-ring (bicyclic) bond motifs is 2. The largest absolute Gasteiger partial charge is 0.406 e. The number of nitrogens with zero attached hydrogens (tertiary/aromatic N) is 1. The van der Waals surface area contributed by atoms with Crippen molar-refractivity contribution in [1.29, 1.82) is 0 Å². The Morgan fingerprint density at radius 2 is 1.33 bits per heavy atom. The fourth-order valence-electron chi connectivity index (χ4n) is 3.08. The molecule has 1 saturated heterocycles. The Labute approximate surface area is 124 Å². The van der Waals surface area contributed by atoms with Gasteiger partial charge in [-0.1, -0.05) is 36.8 Å². The topological polar surface area (TPSA) is 12.5 Å². The summed E-state index contributed by atoms with van der Waals surface area (Å²) in [7, 11) is 0. The van der Waals surface area contributed by atoms with E-state index in [-0.39, 0.29) is 0 Å². The Hall–Kier alpha value is -2.06. The van der Waals surface area contributed by atoms with Crippen LogP contribution in [0.25, 0.3) is 21.5 Å². The minimum atomic E-state index is 0.944. The van der Waals surface area contributed by atoms with Gasteiger partial charge in [0.25, 0.3) is 0 Å². The summed E-state index contributed by atoms with van der Waals surface area (Å²) >= 11 is 0. The van der Waals surface area contributed by atoms with Crippen LogP contribution in [0, 0.1) is 0 Å². The van der Waals surface area contributed by atoms with E-state index in [4.69, 9.17) is 4.84 Å². The van der Waals surface area contributed by atoms with Gasteiger partial charge in [-0.15, -0.1) is 5.06 Å². The van der Waals surface area contributed by atoms with E-state index in [1.807, 2.05) is 0 Å². The minimum Gasteiger partial charge on any atom is -0.406 e. The second-order valence-electron chi connectivity index (χ2n) is 5.79. The van der Waals surface area contributed by atoms with Crippen LogP contribution in [0.2, 0.25) is 0 Å². The molecule has 4 rings (SSSR count). The molecule has 0 amide bonds. The van der Waals surface area contributed by atoms with E-state index in [2.05, 4.69) is 59.7 Å². The summed E-state index contributed by atoms with van der Waals surface area (Å²) < 4.78 is 0. The van der Waals surface area contributed by atoms with Crippen molar-refractivity contribution < 1.29 is 4.84 Å². The Bertz CT molecular complexity index is 775. The molecule has 0 radical (unpaired) electrons. The number of hydrogen-bond acceptors (Lipinski definition) is 2. The lowest BCUT2D eigenvalue weighted by Crippen LogP contribution is -2.32. The third-order valence-electron chi connectivity index (χ3n) is 4.23. The number of hydrogen-bond donors (Lipinski definition) is 0. The third-order valence-corrected chi connectivity index (χ3v) is 4.23. The van der Waals surface area contributed by atoms with Crippen LogP contribution in [0.15, 0.2) is 54.6 Å². The minimum absolute atomic E-state index is 0.944. The van der Waals surface area contributed by atoms with Crippen molar-refractivity contribution in [3.8, 4) is 5.75 Å². The smallest absolute Gasteiger partial charge is 0.148 e. The van der Waals surface area contributed by atoms with E-state index in [9.17, 15) is 0 Å². The zero-order valence-corrected chi connectivity index (χ0v) is 12.1. The molecule has 0 saturated carbocycles. The molecule has 1 heterocycles. The van der Waals surface area contributed by atoms with Gasteiger partial charge in [0.05, 0.1) is 0 Å². The van der Waals surface area contributed by atoms with Gasteiger partial charge >= 0.3 is 0 Å². The highest BCUT2D eigenvalue weighted by Gasteiger charge is 2.11. The van der Waals surface area contributed by atoms with Crippen LogP contribution in [0.4, 0.5) is 0 Å². The Morgan fingerprint density at radius 1 is 0.667 bits per heavy atom. The second-order valence-corrected chi connectivity index (χ2v) is 5.79. The maximum Gasteiger partial charge on any atom is 0.148 e.